The highest BCUT2D eigenvalue weighted by molar-refractivity contribution is 7.89. The maximum absolute atomic E-state index is 12.7. The maximum Gasteiger partial charge on any atom is 0.242 e. The Morgan fingerprint density at radius 3 is 2.65 bits per heavy atom. The highest BCUT2D eigenvalue weighted by Crippen LogP contribution is 2.22. The van der Waals surface area contributed by atoms with Crippen molar-refractivity contribution in [3.8, 4) is 0 Å². The number of rotatable bonds is 5. The van der Waals surface area contributed by atoms with Crippen molar-refractivity contribution < 1.29 is 13.2 Å². The smallest absolute Gasteiger partial charge is 0.242 e. The fourth-order valence-electron chi connectivity index (χ4n) is 2.99. The first kappa shape index (κ1) is 16.4. The SMILES string of the molecule is CN(CCC1CCCCO1)S(=O)(=O)c1ccc2ccccc2c1. The van der Waals surface area contributed by atoms with Crippen molar-refractivity contribution in [2.24, 2.45) is 0 Å². The predicted molar refractivity (Wildman–Crippen MR) is 92.0 cm³/mol. The Morgan fingerprint density at radius 2 is 1.91 bits per heavy atom. The van der Waals surface area contributed by atoms with E-state index in [1.54, 1.807) is 19.2 Å². The summed E-state index contributed by atoms with van der Waals surface area (Å²) in [6.45, 7) is 1.28. The molecule has 3 rings (SSSR count). The fraction of sp³-hybridized carbons (Fsp3) is 0.444. The van der Waals surface area contributed by atoms with E-state index < -0.39 is 10.0 Å². The molecule has 1 aliphatic rings. The molecule has 1 atom stereocenters. The van der Waals surface area contributed by atoms with Gasteiger partial charge in [-0.3, -0.25) is 0 Å². The van der Waals surface area contributed by atoms with Crippen molar-refractivity contribution in [1.29, 1.82) is 0 Å². The zero-order valence-electron chi connectivity index (χ0n) is 13.4. The molecule has 4 nitrogen and oxygen atoms in total. The molecule has 0 aliphatic carbocycles. The van der Waals surface area contributed by atoms with Gasteiger partial charge in [-0.2, -0.15) is 0 Å². The summed E-state index contributed by atoms with van der Waals surface area (Å²) in [7, 11) is -1.81. The molecule has 0 amide bonds. The number of hydrogen-bond donors (Lipinski definition) is 0. The highest BCUT2D eigenvalue weighted by atomic mass is 32.2. The third-order valence-corrected chi connectivity index (χ3v) is 6.32. The molecule has 0 spiro atoms. The Labute approximate surface area is 138 Å². The summed E-state index contributed by atoms with van der Waals surface area (Å²) >= 11 is 0. The topological polar surface area (TPSA) is 46.6 Å². The van der Waals surface area contributed by atoms with Gasteiger partial charge in [-0.25, -0.2) is 12.7 Å². The molecular weight excluding hydrogens is 310 g/mol. The first-order valence-corrected chi connectivity index (χ1v) is 9.58. The van der Waals surface area contributed by atoms with Crippen LogP contribution in [0.1, 0.15) is 25.7 Å². The van der Waals surface area contributed by atoms with E-state index in [-0.39, 0.29) is 6.10 Å². The number of ether oxygens (including phenoxy) is 1. The number of nitrogens with zero attached hydrogens (tertiary/aromatic N) is 1. The second-order valence-electron chi connectivity index (χ2n) is 6.11. The molecule has 23 heavy (non-hydrogen) atoms. The number of sulfonamides is 1. The van der Waals surface area contributed by atoms with E-state index in [2.05, 4.69) is 0 Å². The van der Waals surface area contributed by atoms with Crippen LogP contribution in [-0.4, -0.2) is 39.0 Å². The molecule has 0 N–H and O–H groups in total. The van der Waals surface area contributed by atoms with Crippen molar-refractivity contribution in [3.63, 3.8) is 0 Å². The summed E-state index contributed by atoms with van der Waals surface area (Å²) in [5.41, 5.74) is 0. The zero-order chi connectivity index (χ0) is 16.3. The van der Waals surface area contributed by atoms with E-state index in [4.69, 9.17) is 4.74 Å². The van der Waals surface area contributed by atoms with Gasteiger partial charge in [-0.15, -0.1) is 0 Å². The van der Waals surface area contributed by atoms with Gasteiger partial charge >= 0.3 is 0 Å². The predicted octanol–water partition coefficient (Wildman–Crippen LogP) is 3.42. The lowest BCUT2D eigenvalue weighted by Gasteiger charge is -2.25. The molecular formula is C18H23NO3S. The normalized spacial score (nSPS) is 19.3. The van der Waals surface area contributed by atoms with Crippen LogP contribution in [0.2, 0.25) is 0 Å². The molecule has 1 unspecified atom stereocenters. The minimum absolute atomic E-state index is 0.193. The molecule has 0 bridgehead atoms. The first-order valence-electron chi connectivity index (χ1n) is 8.14. The lowest BCUT2D eigenvalue weighted by molar-refractivity contribution is 0.00950. The second-order valence-corrected chi connectivity index (χ2v) is 8.16. The molecule has 0 radical (unpaired) electrons. The van der Waals surface area contributed by atoms with Gasteiger partial charge < -0.3 is 4.74 Å². The van der Waals surface area contributed by atoms with Crippen LogP contribution in [0.4, 0.5) is 0 Å². The van der Waals surface area contributed by atoms with Gasteiger partial charge in [0.15, 0.2) is 0 Å². The van der Waals surface area contributed by atoms with Crippen LogP contribution < -0.4 is 0 Å². The van der Waals surface area contributed by atoms with Gasteiger partial charge in [-0.05, 0) is 48.6 Å². The van der Waals surface area contributed by atoms with Gasteiger partial charge in [0.05, 0.1) is 11.0 Å². The number of hydrogen-bond acceptors (Lipinski definition) is 3. The van der Waals surface area contributed by atoms with Gasteiger partial charge in [0.1, 0.15) is 0 Å². The monoisotopic (exact) mass is 333 g/mol. The molecule has 2 aromatic rings. The zero-order valence-corrected chi connectivity index (χ0v) is 14.3. The molecule has 0 aromatic heterocycles. The van der Waals surface area contributed by atoms with Crippen molar-refractivity contribution in [1.82, 2.24) is 4.31 Å². The Bertz CT molecular complexity index is 767. The van der Waals surface area contributed by atoms with Crippen LogP contribution in [0.25, 0.3) is 10.8 Å². The van der Waals surface area contributed by atoms with Crippen LogP contribution in [0.3, 0.4) is 0 Å². The van der Waals surface area contributed by atoms with Crippen LogP contribution in [0, 0.1) is 0 Å². The van der Waals surface area contributed by atoms with Gasteiger partial charge in [0.2, 0.25) is 10.0 Å². The number of benzene rings is 2. The van der Waals surface area contributed by atoms with E-state index >= 15 is 0 Å². The molecule has 5 heteroatoms. The molecule has 1 saturated heterocycles. The summed E-state index contributed by atoms with van der Waals surface area (Å²) in [6.07, 6.45) is 4.26. The maximum atomic E-state index is 12.7. The van der Waals surface area contributed by atoms with Crippen LogP contribution in [0.5, 0.6) is 0 Å². The Balaban J connectivity index is 1.73. The average Bonchev–Trinajstić information content (AvgIpc) is 2.60. The quantitative estimate of drug-likeness (QED) is 0.842. The summed E-state index contributed by atoms with van der Waals surface area (Å²) in [6, 6.07) is 13.1. The summed E-state index contributed by atoms with van der Waals surface area (Å²) in [5, 5.41) is 1.99. The van der Waals surface area contributed by atoms with Crippen molar-refractivity contribution in [2.45, 2.75) is 36.7 Å². The third kappa shape index (κ3) is 3.74. The molecule has 2 aromatic carbocycles. The molecule has 1 fully saturated rings. The van der Waals surface area contributed by atoms with Crippen molar-refractivity contribution in [2.75, 3.05) is 20.2 Å². The standard InChI is InChI=1S/C18H23NO3S/c1-19(12-11-17-8-4-5-13-22-17)23(20,21)18-10-9-15-6-2-3-7-16(15)14-18/h2-3,6-7,9-10,14,17H,4-5,8,11-13H2,1H3. The minimum Gasteiger partial charge on any atom is -0.378 e. The van der Waals surface area contributed by atoms with Crippen LogP contribution in [0.15, 0.2) is 47.4 Å². The molecule has 1 heterocycles. The van der Waals surface area contributed by atoms with E-state index in [0.29, 0.717) is 11.4 Å². The second kappa shape index (κ2) is 6.99. The van der Waals surface area contributed by atoms with Crippen molar-refractivity contribution >= 4 is 20.8 Å². The average molecular weight is 333 g/mol. The molecule has 0 saturated carbocycles. The lowest BCUT2D eigenvalue weighted by atomic mass is 10.1. The van der Waals surface area contributed by atoms with E-state index in [1.807, 2.05) is 30.3 Å². The summed E-state index contributed by atoms with van der Waals surface area (Å²) < 4.78 is 32.6. The summed E-state index contributed by atoms with van der Waals surface area (Å²) in [4.78, 5) is 0.350. The number of fused-ring (bicyclic) bond motifs is 1. The largest absolute Gasteiger partial charge is 0.378 e. The van der Waals surface area contributed by atoms with Crippen molar-refractivity contribution in [3.05, 3.63) is 42.5 Å². The van der Waals surface area contributed by atoms with Gasteiger partial charge in [0.25, 0.3) is 0 Å². The van der Waals surface area contributed by atoms with Crippen LogP contribution >= 0.6 is 0 Å². The fourth-order valence-corrected chi connectivity index (χ4v) is 4.21. The minimum atomic E-state index is -3.45. The van der Waals surface area contributed by atoms with E-state index in [1.165, 1.54) is 10.7 Å². The Kier molecular flexibility index (Phi) is 4.99. The highest BCUT2D eigenvalue weighted by Gasteiger charge is 2.23. The van der Waals surface area contributed by atoms with Gasteiger partial charge in [-0.1, -0.05) is 30.3 Å². The lowest BCUT2D eigenvalue weighted by Crippen LogP contribution is -2.31. The summed E-state index contributed by atoms with van der Waals surface area (Å²) in [5.74, 6) is 0. The molecule has 124 valence electrons. The van der Waals surface area contributed by atoms with E-state index in [0.717, 1.165) is 36.6 Å². The Morgan fingerprint density at radius 1 is 1.13 bits per heavy atom. The van der Waals surface area contributed by atoms with Crippen LogP contribution in [-0.2, 0) is 14.8 Å². The first-order chi connectivity index (χ1) is 11.1. The Hall–Kier alpha value is -1.43. The third-order valence-electron chi connectivity index (χ3n) is 4.47. The molecule has 1 aliphatic heterocycles. The van der Waals surface area contributed by atoms with Gasteiger partial charge in [0, 0.05) is 20.2 Å². The van der Waals surface area contributed by atoms with E-state index in [9.17, 15) is 8.42 Å².